The molecule has 1 aliphatic heterocycles. The number of hydrogen-bond acceptors (Lipinski definition) is 2. The Labute approximate surface area is 99.7 Å². The molecule has 2 rings (SSSR count). The molecule has 0 saturated carbocycles. The van der Waals surface area contributed by atoms with Crippen molar-refractivity contribution >= 4 is 17.5 Å². The molecular weight excluding hydrogens is 226 g/mol. The minimum atomic E-state index is -0.0767. The smallest absolute Gasteiger partial charge is 0.251 e. The van der Waals surface area contributed by atoms with E-state index in [9.17, 15) is 4.79 Å². The summed E-state index contributed by atoms with van der Waals surface area (Å²) >= 11 is 5.75. The van der Waals surface area contributed by atoms with Gasteiger partial charge in [-0.25, -0.2) is 0 Å². The maximum Gasteiger partial charge on any atom is 0.251 e. The summed E-state index contributed by atoms with van der Waals surface area (Å²) in [5, 5.41) is 3.49. The van der Waals surface area contributed by atoms with Gasteiger partial charge in [0.25, 0.3) is 5.91 Å². The highest BCUT2D eigenvalue weighted by atomic mass is 35.5. The summed E-state index contributed by atoms with van der Waals surface area (Å²) < 4.78 is 5.42. The summed E-state index contributed by atoms with van der Waals surface area (Å²) in [4.78, 5) is 11.7. The molecule has 86 valence electrons. The fourth-order valence-electron chi connectivity index (χ4n) is 1.72. The Morgan fingerprint density at radius 3 is 2.81 bits per heavy atom. The van der Waals surface area contributed by atoms with Gasteiger partial charge in [-0.15, -0.1) is 0 Å². The molecule has 1 N–H and O–H groups in total. The van der Waals surface area contributed by atoms with Crippen molar-refractivity contribution in [2.24, 2.45) is 0 Å². The lowest BCUT2D eigenvalue weighted by Gasteiger charge is -2.10. The van der Waals surface area contributed by atoms with Gasteiger partial charge in [-0.3, -0.25) is 4.79 Å². The van der Waals surface area contributed by atoms with Crippen molar-refractivity contribution in [1.82, 2.24) is 5.32 Å². The van der Waals surface area contributed by atoms with Gasteiger partial charge in [0.05, 0.1) is 6.10 Å². The predicted octanol–water partition coefficient (Wildman–Crippen LogP) is 2.25. The van der Waals surface area contributed by atoms with E-state index in [0.29, 0.717) is 17.1 Å². The van der Waals surface area contributed by atoms with Gasteiger partial charge < -0.3 is 10.1 Å². The Morgan fingerprint density at radius 1 is 1.44 bits per heavy atom. The number of carbonyl (C=O) groups excluding carboxylic acids is 1. The van der Waals surface area contributed by atoms with Crippen LogP contribution in [0.5, 0.6) is 0 Å². The quantitative estimate of drug-likeness (QED) is 0.879. The summed E-state index contributed by atoms with van der Waals surface area (Å²) in [5.41, 5.74) is 0.627. The average Bonchev–Trinajstić information content (AvgIpc) is 2.80. The Hall–Kier alpha value is -1.06. The van der Waals surface area contributed by atoms with E-state index < -0.39 is 0 Å². The molecule has 1 aliphatic rings. The van der Waals surface area contributed by atoms with Crippen LogP contribution >= 0.6 is 11.6 Å². The molecule has 1 fully saturated rings. The molecule has 1 amide bonds. The van der Waals surface area contributed by atoms with Gasteiger partial charge >= 0.3 is 0 Å². The lowest BCUT2D eigenvalue weighted by Crippen LogP contribution is -2.31. The first-order valence-corrected chi connectivity index (χ1v) is 5.79. The second kappa shape index (κ2) is 5.32. The molecule has 4 heteroatoms. The number of ether oxygens (including phenoxy) is 1. The first-order valence-electron chi connectivity index (χ1n) is 5.41. The summed E-state index contributed by atoms with van der Waals surface area (Å²) in [5.74, 6) is -0.0767. The second-order valence-corrected chi connectivity index (χ2v) is 4.29. The number of halogens is 1. The molecule has 0 unspecified atom stereocenters. The largest absolute Gasteiger partial charge is 0.376 e. The summed E-state index contributed by atoms with van der Waals surface area (Å²) in [6.45, 7) is 1.39. The molecule has 1 saturated heterocycles. The van der Waals surface area contributed by atoms with E-state index in [1.54, 1.807) is 24.3 Å². The number of hydrogen-bond donors (Lipinski definition) is 1. The van der Waals surface area contributed by atoms with Crippen molar-refractivity contribution in [3.8, 4) is 0 Å². The molecule has 0 radical (unpaired) electrons. The minimum absolute atomic E-state index is 0.0767. The highest BCUT2D eigenvalue weighted by Crippen LogP contribution is 2.12. The van der Waals surface area contributed by atoms with Crippen LogP contribution in [0.15, 0.2) is 24.3 Å². The number of nitrogens with one attached hydrogen (secondary N) is 1. The van der Waals surface area contributed by atoms with Crippen LogP contribution in [0.2, 0.25) is 5.02 Å². The third kappa shape index (κ3) is 2.97. The number of benzene rings is 1. The second-order valence-electron chi connectivity index (χ2n) is 3.85. The van der Waals surface area contributed by atoms with Crippen LogP contribution in [0.1, 0.15) is 23.2 Å². The Kier molecular flexibility index (Phi) is 3.80. The summed E-state index contributed by atoms with van der Waals surface area (Å²) in [7, 11) is 0. The molecule has 1 heterocycles. The first-order chi connectivity index (χ1) is 7.75. The molecular formula is C12H14ClNO2. The zero-order valence-corrected chi connectivity index (χ0v) is 9.67. The van der Waals surface area contributed by atoms with Gasteiger partial charge in [-0.2, -0.15) is 0 Å². The van der Waals surface area contributed by atoms with Gasteiger partial charge in [-0.1, -0.05) is 11.6 Å². The van der Waals surface area contributed by atoms with Crippen LogP contribution in [-0.2, 0) is 4.74 Å². The van der Waals surface area contributed by atoms with E-state index in [4.69, 9.17) is 16.3 Å². The van der Waals surface area contributed by atoms with Gasteiger partial charge in [0.2, 0.25) is 0 Å². The van der Waals surface area contributed by atoms with E-state index in [2.05, 4.69) is 5.32 Å². The van der Waals surface area contributed by atoms with Crippen LogP contribution in [0.4, 0.5) is 0 Å². The molecule has 3 nitrogen and oxygen atoms in total. The first kappa shape index (κ1) is 11.4. The fraction of sp³-hybridized carbons (Fsp3) is 0.417. The van der Waals surface area contributed by atoms with Crippen LogP contribution in [-0.4, -0.2) is 25.2 Å². The third-order valence-electron chi connectivity index (χ3n) is 2.62. The number of carbonyl (C=O) groups is 1. The Morgan fingerprint density at radius 2 is 2.19 bits per heavy atom. The fourth-order valence-corrected chi connectivity index (χ4v) is 1.84. The van der Waals surface area contributed by atoms with Crippen molar-refractivity contribution in [3.63, 3.8) is 0 Å². The zero-order valence-electron chi connectivity index (χ0n) is 8.91. The van der Waals surface area contributed by atoms with Crippen LogP contribution in [0.3, 0.4) is 0 Å². The van der Waals surface area contributed by atoms with Crippen molar-refractivity contribution in [1.29, 1.82) is 0 Å². The molecule has 1 atom stereocenters. The maximum atomic E-state index is 11.7. The van der Waals surface area contributed by atoms with Gasteiger partial charge in [0.15, 0.2) is 0 Å². The van der Waals surface area contributed by atoms with E-state index in [1.165, 1.54) is 0 Å². The molecule has 0 aromatic heterocycles. The van der Waals surface area contributed by atoms with Crippen LogP contribution in [0, 0.1) is 0 Å². The average molecular weight is 240 g/mol. The maximum absolute atomic E-state index is 11.7. The van der Waals surface area contributed by atoms with Crippen molar-refractivity contribution in [2.45, 2.75) is 18.9 Å². The van der Waals surface area contributed by atoms with Crippen molar-refractivity contribution < 1.29 is 9.53 Å². The lowest BCUT2D eigenvalue weighted by molar-refractivity contribution is 0.0858. The highest BCUT2D eigenvalue weighted by molar-refractivity contribution is 6.30. The highest BCUT2D eigenvalue weighted by Gasteiger charge is 2.16. The van der Waals surface area contributed by atoms with Gasteiger partial charge in [0, 0.05) is 23.7 Å². The third-order valence-corrected chi connectivity index (χ3v) is 2.87. The van der Waals surface area contributed by atoms with Crippen LogP contribution in [0.25, 0.3) is 0 Å². The predicted molar refractivity (Wildman–Crippen MR) is 62.8 cm³/mol. The van der Waals surface area contributed by atoms with Gasteiger partial charge in [-0.05, 0) is 37.1 Å². The Balaban J connectivity index is 1.85. The molecule has 0 spiro atoms. The molecule has 0 bridgehead atoms. The molecule has 1 aromatic carbocycles. The van der Waals surface area contributed by atoms with E-state index in [1.807, 2.05) is 0 Å². The zero-order chi connectivity index (χ0) is 11.4. The van der Waals surface area contributed by atoms with Crippen molar-refractivity contribution in [3.05, 3.63) is 34.9 Å². The summed E-state index contributed by atoms with van der Waals surface area (Å²) in [6.07, 6.45) is 2.29. The minimum Gasteiger partial charge on any atom is -0.376 e. The van der Waals surface area contributed by atoms with E-state index in [0.717, 1.165) is 19.4 Å². The summed E-state index contributed by atoms with van der Waals surface area (Å²) in [6, 6.07) is 6.85. The Bertz CT molecular complexity index is 358. The number of rotatable bonds is 3. The van der Waals surface area contributed by atoms with E-state index in [-0.39, 0.29) is 12.0 Å². The number of amides is 1. The van der Waals surface area contributed by atoms with Gasteiger partial charge in [0.1, 0.15) is 0 Å². The molecule has 16 heavy (non-hydrogen) atoms. The van der Waals surface area contributed by atoms with Crippen LogP contribution < -0.4 is 5.32 Å². The van der Waals surface area contributed by atoms with E-state index >= 15 is 0 Å². The molecule has 1 aromatic rings. The van der Waals surface area contributed by atoms with Crippen molar-refractivity contribution in [2.75, 3.05) is 13.2 Å². The monoisotopic (exact) mass is 239 g/mol. The molecule has 0 aliphatic carbocycles. The topological polar surface area (TPSA) is 38.3 Å². The lowest BCUT2D eigenvalue weighted by atomic mass is 10.2. The SMILES string of the molecule is O=C(NC[C@@H]1CCCO1)c1ccc(Cl)cc1. The normalized spacial score (nSPS) is 19.7. The standard InChI is InChI=1S/C12H14ClNO2/c13-10-5-3-9(4-6-10)12(15)14-8-11-2-1-7-16-11/h3-6,11H,1-2,7-8H2,(H,14,15)/t11-/m0/s1.